The fraction of sp³-hybridized carbons (Fsp3) is 0. The molecule has 0 bridgehead atoms. The Balaban J connectivity index is 1.03. The smallest absolute Gasteiger partial charge is 0.164 e. The minimum Gasteiger partial charge on any atom is -0.208 e. The van der Waals surface area contributed by atoms with Crippen molar-refractivity contribution < 1.29 is 0 Å². The van der Waals surface area contributed by atoms with E-state index in [4.69, 9.17) is 15.0 Å². The monoisotopic (exact) mass is 773 g/mol. The topological polar surface area (TPSA) is 38.7 Å². The zero-order valence-electron chi connectivity index (χ0n) is 31.1. The summed E-state index contributed by atoms with van der Waals surface area (Å²) in [7, 11) is 0. The molecule has 9 aromatic carbocycles. The van der Waals surface area contributed by atoms with E-state index in [1.807, 2.05) is 29.5 Å². The lowest BCUT2D eigenvalue weighted by Crippen LogP contribution is -2.00. The van der Waals surface area contributed by atoms with E-state index < -0.39 is 0 Å². The van der Waals surface area contributed by atoms with Crippen molar-refractivity contribution in [2.24, 2.45) is 0 Å². The second-order valence-electron chi connectivity index (χ2n) is 14.7. The third-order valence-corrected chi connectivity index (χ3v) is 13.6. The summed E-state index contributed by atoms with van der Waals surface area (Å²) in [6.07, 6.45) is 0. The van der Waals surface area contributed by atoms with Crippen LogP contribution in [-0.4, -0.2) is 15.0 Å². The molecular weight excluding hydrogens is 743 g/mol. The number of benzene rings is 9. The van der Waals surface area contributed by atoms with Crippen LogP contribution in [0, 0.1) is 0 Å². The molecule has 0 saturated carbocycles. The summed E-state index contributed by atoms with van der Waals surface area (Å²) in [5.74, 6) is 1.97. The normalized spacial score (nSPS) is 11.8. The Hall–Kier alpha value is -7.05. The zero-order valence-corrected chi connectivity index (χ0v) is 32.7. The van der Waals surface area contributed by atoms with Crippen molar-refractivity contribution in [3.8, 4) is 56.4 Å². The van der Waals surface area contributed by atoms with Crippen LogP contribution in [0.25, 0.3) is 118 Å². The summed E-state index contributed by atoms with van der Waals surface area (Å²) in [6, 6.07) is 67.5. The number of rotatable bonds is 5. The Labute approximate surface area is 342 Å². The molecule has 270 valence electrons. The van der Waals surface area contributed by atoms with Crippen molar-refractivity contribution in [2.45, 2.75) is 0 Å². The summed E-state index contributed by atoms with van der Waals surface area (Å²) >= 11 is 3.65. The highest BCUT2D eigenvalue weighted by atomic mass is 32.1. The molecule has 0 amide bonds. The van der Waals surface area contributed by atoms with E-state index in [-0.39, 0.29) is 0 Å². The second-order valence-corrected chi connectivity index (χ2v) is 16.9. The SMILES string of the molecule is c1ccc(-c2nc(-c3cccc(-c4cccc5sc6ccc(-c7cc8ccccc8c8ccccc78)cc6c45)c3)nc(-c3cccc4sc5ccccc5c34)n2)cc1. The molecule has 0 atom stereocenters. The molecule has 0 aliphatic rings. The van der Waals surface area contributed by atoms with Crippen molar-refractivity contribution >= 4 is 84.6 Å². The maximum Gasteiger partial charge on any atom is 0.164 e. The van der Waals surface area contributed by atoms with E-state index in [2.05, 4.69) is 170 Å². The fourth-order valence-corrected chi connectivity index (χ4v) is 10.9. The molecular formula is C53H31N3S2. The van der Waals surface area contributed by atoms with Crippen LogP contribution < -0.4 is 0 Å². The van der Waals surface area contributed by atoms with Crippen LogP contribution in [0.4, 0.5) is 0 Å². The van der Waals surface area contributed by atoms with Gasteiger partial charge in [0.1, 0.15) is 0 Å². The first kappa shape index (κ1) is 33.1. The van der Waals surface area contributed by atoms with Gasteiger partial charge in [-0.3, -0.25) is 0 Å². The summed E-state index contributed by atoms with van der Waals surface area (Å²) in [4.78, 5) is 15.5. The van der Waals surface area contributed by atoms with Crippen LogP contribution in [0.3, 0.4) is 0 Å². The average molecular weight is 774 g/mol. The summed E-state index contributed by atoms with van der Waals surface area (Å²) in [5.41, 5.74) is 7.70. The molecule has 12 aromatic rings. The van der Waals surface area contributed by atoms with Gasteiger partial charge in [0.15, 0.2) is 17.5 Å². The van der Waals surface area contributed by atoms with Gasteiger partial charge in [-0.1, -0.05) is 146 Å². The number of fused-ring (bicyclic) bond motifs is 9. The molecule has 3 nitrogen and oxygen atoms in total. The first-order valence-corrected chi connectivity index (χ1v) is 21.1. The van der Waals surface area contributed by atoms with Crippen LogP contribution in [0.1, 0.15) is 0 Å². The average Bonchev–Trinajstić information content (AvgIpc) is 3.87. The predicted molar refractivity (Wildman–Crippen MR) is 248 cm³/mol. The van der Waals surface area contributed by atoms with Crippen molar-refractivity contribution in [3.63, 3.8) is 0 Å². The van der Waals surface area contributed by atoms with Gasteiger partial charge < -0.3 is 0 Å². The molecule has 0 fully saturated rings. The van der Waals surface area contributed by atoms with Crippen molar-refractivity contribution in [2.75, 3.05) is 0 Å². The minimum absolute atomic E-state index is 0.648. The number of nitrogens with zero attached hydrogens (tertiary/aromatic N) is 3. The van der Waals surface area contributed by atoms with Crippen molar-refractivity contribution in [1.82, 2.24) is 15.0 Å². The number of aromatic nitrogens is 3. The Bertz CT molecular complexity index is 3580. The van der Waals surface area contributed by atoms with Gasteiger partial charge in [0.25, 0.3) is 0 Å². The molecule has 58 heavy (non-hydrogen) atoms. The first-order valence-electron chi connectivity index (χ1n) is 19.4. The molecule has 0 N–H and O–H groups in total. The first-order chi connectivity index (χ1) is 28.7. The number of thiophene rings is 2. The third kappa shape index (κ3) is 5.36. The van der Waals surface area contributed by atoms with Gasteiger partial charge in [-0.05, 0) is 86.3 Å². The van der Waals surface area contributed by atoms with Gasteiger partial charge in [-0.2, -0.15) is 0 Å². The summed E-state index contributed by atoms with van der Waals surface area (Å²) in [6.45, 7) is 0. The molecule has 0 aliphatic heterocycles. The lowest BCUT2D eigenvalue weighted by Gasteiger charge is -2.12. The highest BCUT2D eigenvalue weighted by Crippen LogP contribution is 2.44. The maximum absolute atomic E-state index is 5.25. The van der Waals surface area contributed by atoms with Crippen LogP contribution in [-0.2, 0) is 0 Å². The van der Waals surface area contributed by atoms with E-state index in [1.165, 1.54) is 78.6 Å². The maximum atomic E-state index is 5.25. The standard InChI is InChI=1S/C53H31N3S2/c1-2-13-32(14-3-1)51-54-52(56-53(55-51)42-23-12-26-48-50(42)41-21-8-9-24-45(41)57-48)36-17-10-16-33(29-36)38-22-11-25-47-49(38)44-31-35(27-28-46(44)58-47)43-30-34-15-4-5-18-37(34)39-19-6-7-20-40(39)43/h1-31H. The lowest BCUT2D eigenvalue weighted by molar-refractivity contribution is 1.08. The van der Waals surface area contributed by atoms with Gasteiger partial charge in [0, 0.05) is 57.0 Å². The minimum atomic E-state index is 0.648. The quantitative estimate of drug-likeness (QED) is 0.164. The molecule has 12 rings (SSSR count). The molecule has 0 unspecified atom stereocenters. The summed E-state index contributed by atoms with van der Waals surface area (Å²) < 4.78 is 5.01. The van der Waals surface area contributed by atoms with E-state index in [0.29, 0.717) is 17.5 Å². The van der Waals surface area contributed by atoms with Gasteiger partial charge in [0.05, 0.1) is 0 Å². The van der Waals surface area contributed by atoms with E-state index >= 15 is 0 Å². The molecule has 0 radical (unpaired) electrons. The van der Waals surface area contributed by atoms with Crippen LogP contribution >= 0.6 is 22.7 Å². The van der Waals surface area contributed by atoms with Gasteiger partial charge in [0.2, 0.25) is 0 Å². The molecule has 0 aliphatic carbocycles. The molecule has 5 heteroatoms. The fourth-order valence-electron chi connectivity index (χ4n) is 8.66. The Morgan fingerprint density at radius 2 is 0.828 bits per heavy atom. The largest absolute Gasteiger partial charge is 0.208 e. The van der Waals surface area contributed by atoms with E-state index in [9.17, 15) is 0 Å². The zero-order chi connectivity index (χ0) is 38.2. The Morgan fingerprint density at radius 1 is 0.276 bits per heavy atom. The molecule has 0 saturated heterocycles. The molecule has 0 spiro atoms. The van der Waals surface area contributed by atoms with Crippen molar-refractivity contribution in [1.29, 1.82) is 0 Å². The van der Waals surface area contributed by atoms with Gasteiger partial charge in [-0.25, -0.2) is 15.0 Å². The summed E-state index contributed by atoms with van der Waals surface area (Å²) in [5, 5.41) is 10.0. The number of hydrogen-bond donors (Lipinski definition) is 0. The number of hydrogen-bond acceptors (Lipinski definition) is 5. The van der Waals surface area contributed by atoms with Gasteiger partial charge in [-0.15, -0.1) is 22.7 Å². The lowest BCUT2D eigenvalue weighted by atomic mass is 9.92. The third-order valence-electron chi connectivity index (χ3n) is 11.3. The van der Waals surface area contributed by atoms with E-state index in [0.717, 1.165) is 22.3 Å². The second kappa shape index (κ2) is 13.3. The van der Waals surface area contributed by atoms with Crippen LogP contribution in [0.5, 0.6) is 0 Å². The highest BCUT2D eigenvalue weighted by molar-refractivity contribution is 7.26. The molecule has 3 heterocycles. The van der Waals surface area contributed by atoms with Gasteiger partial charge >= 0.3 is 0 Å². The predicted octanol–water partition coefficient (Wildman–Crippen LogP) is 15.2. The Kier molecular flexibility index (Phi) is 7.58. The van der Waals surface area contributed by atoms with Crippen LogP contribution in [0.15, 0.2) is 188 Å². The highest BCUT2D eigenvalue weighted by Gasteiger charge is 2.19. The Morgan fingerprint density at radius 3 is 1.66 bits per heavy atom. The van der Waals surface area contributed by atoms with E-state index in [1.54, 1.807) is 11.3 Å². The van der Waals surface area contributed by atoms with Crippen LogP contribution in [0.2, 0.25) is 0 Å². The van der Waals surface area contributed by atoms with Crippen molar-refractivity contribution in [3.05, 3.63) is 188 Å². The molecule has 3 aromatic heterocycles.